The van der Waals surface area contributed by atoms with E-state index in [0.29, 0.717) is 16.6 Å². The van der Waals surface area contributed by atoms with E-state index in [0.717, 1.165) is 11.3 Å². The topological polar surface area (TPSA) is 71.1 Å². The lowest BCUT2D eigenvalue weighted by Crippen LogP contribution is -2.16. The van der Waals surface area contributed by atoms with Crippen LogP contribution >= 0.6 is 23.1 Å². The number of nitrogens with one attached hydrogen (secondary N) is 2. The van der Waals surface area contributed by atoms with Crippen molar-refractivity contribution in [2.75, 3.05) is 18.1 Å². The van der Waals surface area contributed by atoms with E-state index < -0.39 is 17.8 Å². The maximum atomic E-state index is 12.4. The van der Waals surface area contributed by atoms with Gasteiger partial charge < -0.3 is 5.32 Å². The second-order valence-corrected chi connectivity index (χ2v) is 6.51. The lowest BCUT2D eigenvalue weighted by Gasteiger charge is -2.10. The molecular weight excluding hydrogens is 363 g/mol. The highest BCUT2D eigenvalue weighted by Gasteiger charge is 2.28. The summed E-state index contributed by atoms with van der Waals surface area (Å²) in [7, 11) is 1.47. The molecule has 1 heterocycles. The third-order valence-corrected chi connectivity index (χ3v) is 4.75. The number of alkyl halides is 3. The van der Waals surface area contributed by atoms with Gasteiger partial charge in [0.05, 0.1) is 17.5 Å². The average Bonchev–Trinajstić information content (AvgIpc) is 3.00. The Hall–Kier alpha value is -2.07. The zero-order chi connectivity index (χ0) is 17.7. The highest BCUT2D eigenvalue weighted by atomic mass is 32.2. The van der Waals surface area contributed by atoms with Gasteiger partial charge in [-0.1, -0.05) is 23.5 Å². The molecule has 2 N–H and O–H groups in total. The van der Waals surface area contributed by atoms with Crippen LogP contribution in [0.4, 0.5) is 18.3 Å². The minimum atomic E-state index is -4.33. The first-order chi connectivity index (χ1) is 11.3. The van der Waals surface area contributed by atoms with Crippen LogP contribution in [0.3, 0.4) is 0 Å². The Morgan fingerprint density at radius 1 is 1.25 bits per heavy atom. The van der Waals surface area contributed by atoms with Crippen molar-refractivity contribution in [1.29, 1.82) is 0 Å². The van der Waals surface area contributed by atoms with E-state index >= 15 is 0 Å². The van der Waals surface area contributed by atoms with Gasteiger partial charge in [-0.2, -0.15) is 13.2 Å². The smallest absolute Gasteiger partial charge is 0.354 e. The molecule has 0 bridgehead atoms. The van der Waals surface area contributed by atoms with Crippen LogP contribution in [0.2, 0.25) is 0 Å². The van der Waals surface area contributed by atoms with E-state index in [2.05, 4.69) is 15.6 Å². The molecule has 5 nitrogen and oxygen atoms in total. The molecule has 2 rings (SSSR count). The first-order valence-corrected chi connectivity index (χ1v) is 8.38. The zero-order valence-electron chi connectivity index (χ0n) is 12.3. The van der Waals surface area contributed by atoms with Crippen molar-refractivity contribution < 1.29 is 22.8 Å². The number of hydrogen-bond acceptors (Lipinski definition) is 5. The monoisotopic (exact) mass is 375 g/mol. The minimum Gasteiger partial charge on any atom is -0.354 e. The van der Waals surface area contributed by atoms with Crippen LogP contribution in [0, 0.1) is 0 Å². The number of thiazole rings is 1. The summed E-state index contributed by atoms with van der Waals surface area (Å²) in [4.78, 5) is 28.2. The molecule has 2 aromatic rings. The van der Waals surface area contributed by atoms with Crippen molar-refractivity contribution in [1.82, 2.24) is 10.3 Å². The number of amides is 2. The fraction of sp³-hybridized carbons (Fsp3) is 0.214. The molecule has 24 heavy (non-hydrogen) atoms. The Balaban J connectivity index is 2.12. The molecular formula is C14H12F3N3O2S2. The fourth-order valence-corrected chi connectivity index (χ4v) is 3.23. The molecule has 2 amide bonds. The van der Waals surface area contributed by atoms with Gasteiger partial charge >= 0.3 is 6.18 Å². The van der Waals surface area contributed by atoms with Crippen molar-refractivity contribution >= 4 is 40.0 Å². The summed E-state index contributed by atoms with van der Waals surface area (Å²) >= 11 is 1.51. The molecule has 0 saturated carbocycles. The van der Waals surface area contributed by atoms with Gasteiger partial charge in [0, 0.05) is 11.9 Å². The van der Waals surface area contributed by atoms with Crippen molar-refractivity contribution in [2.24, 2.45) is 0 Å². The van der Waals surface area contributed by atoms with E-state index in [4.69, 9.17) is 0 Å². The van der Waals surface area contributed by atoms with E-state index in [1.807, 2.05) is 0 Å². The third-order valence-electron chi connectivity index (χ3n) is 2.70. The molecule has 0 unspecified atom stereocenters. The van der Waals surface area contributed by atoms with E-state index in [1.165, 1.54) is 25.4 Å². The van der Waals surface area contributed by atoms with Crippen LogP contribution in [0.5, 0.6) is 0 Å². The third kappa shape index (κ3) is 4.96. The average molecular weight is 375 g/mol. The standard InChI is InChI=1S/C14H12F3N3O2S2/c1-18-12(22)10-6-19-13(24-10)20-11(21)8-4-2-3-5-9(8)23-7-14(15,16)17/h2-6H,7H2,1H3,(H,18,22)(H,19,20,21). The Bertz CT molecular complexity index is 747. The lowest BCUT2D eigenvalue weighted by molar-refractivity contribution is -0.105. The Labute approximate surface area is 143 Å². The number of anilines is 1. The molecule has 1 aromatic heterocycles. The van der Waals surface area contributed by atoms with Gasteiger partial charge in [0.25, 0.3) is 11.8 Å². The van der Waals surface area contributed by atoms with Crippen LogP contribution in [0.1, 0.15) is 20.0 Å². The quantitative estimate of drug-likeness (QED) is 0.786. The maximum Gasteiger partial charge on any atom is 0.398 e. The number of halogens is 3. The van der Waals surface area contributed by atoms with E-state index in [9.17, 15) is 22.8 Å². The highest BCUT2D eigenvalue weighted by Crippen LogP contribution is 2.30. The normalized spacial score (nSPS) is 11.2. The molecule has 0 spiro atoms. The summed E-state index contributed by atoms with van der Waals surface area (Å²) in [6.07, 6.45) is -3.02. The Morgan fingerprint density at radius 2 is 1.96 bits per heavy atom. The van der Waals surface area contributed by atoms with Crippen molar-refractivity contribution in [3.63, 3.8) is 0 Å². The summed E-state index contributed by atoms with van der Waals surface area (Å²) in [5.74, 6) is -2.01. The predicted octanol–water partition coefficient (Wildman–Crippen LogP) is 3.41. The SMILES string of the molecule is CNC(=O)c1cnc(NC(=O)c2ccccc2SCC(F)(F)F)s1. The van der Waals surface area contributed by atoms with Gasteiger partial charge in [0.2, 0.25) is 0 Å². The van der Waals surface area contributed by atoms with Gasteiger partial charge in [-0.3, -0.25) is 14.9 Å². The molecule has 0 saturated heterocycles. The molecule has 0 aliphatic heterocycles. The zero-order valence-corrected chi connectivity index (χ0v) is 13.9. The fourth-order valence-electron chi connectivity index (χ4n) is 1.66. The number of rotatable bonds is 5. The molecule has 0 fully saturated rings. The number of nitrogens with zero attached hydrogens (tertiary/aromatic N) is 1. The number of carbonyl (C=O) groups is 2. The molecule has 128 valence electrons. The summed E-state index contributed by atoms with van der Waals surface area (Å²) in [6, 6.07) is 6.00. The van der Waals surface area contributed by atoms with E-state index in [-0.39, 0.29) is 21.5 Å². The van der Waals surface area contributed by atoms with Crippen LogP contribution in [0.15, 0.2) is 35.4 Å². The first kappa shape index (κ1) is 18.3. The molecule has 0 radical (unpaired) electrons. The Morgan fingerprint density at radius 3 is 2.62 bits per heavy atom. The van der Waals surface area contributed by atoms with Crippen LogP contribution in [-0.2, 0) is 0 Å². The van der Waals surface area contributed by atoms with Crippen molar-refractivity contribution in [3.05, 3.63) is 40.9 Å². The maximum absolute atomic E-state index is 12.4. The number of aromatic nitrogens is 1. The summed E-state index contributed by atoms with van der Waals surface area (Å²) in [6.45, 7) is 0. The van der Waals surface area contributed by atoms with Gasteiger partial charge in [-0.25, -0.2) is 4.98 Å². The van der Waals surface area contributed by atoms with Crippen LogP contribution in [0.25, 0.3) is 0 Å². The number of hydrogen-bond donors (Lipinski definition) is 2. The summed E-state index contributed by atoms with van der Waals surface area (Å²) in [5.41, 5.74) is 0.114. The highest BCUT2D eigenvalue weighted by molar-refractivity contribution is 7.99. The second-order valence-electron chi connectivity index (χ2n) is 4.46. The van der Waals surface area contributed by atoms with Gasteiger partial charge in [-0.05, 0) is 12.1 Å². The van der Waals surface area contributed by atoms with Crippen LogP contribution in [-0.4, -0.2) is 35.8 Å². The minimum absolute atomic E-state index is 0.114. The largest absolute Gasteiger partial charge is 0.398 e. The lowest BCUT2D eigenvalue weighted by atomic mass is 10.2. The molecule has 1 aromatic carbocycles. The van der Waals surface area contributed by atoms with E-state index in [1.54, 1.807) is 12.1 Å². The van der Waals surface area contributed by atoms with Crippen molar-refractivity contribution in [3.8, 4) is 0 Å². The predicted molar refractivity (Wildman–Crippen MR) is 86.7 cm³/mol. The van der Waals surface area contributed by atoms with Gasteiger partial charge in [-0.15, -0.1) is 11.8 Å². The molecule has 10 heteroatoms. The first-order valence-electron chi connectivity index (χ1n) is 6.58. The van der Waals surface area contributed by atoms with Gasteiger partial charge in [0.1, 0.15) is 4.88 Å². The number of thioether (sulfide) groups is 1. The summed E-state index contributed by atoms with van der Waals surface area (Å²) in [5, 5.41) is 5.11. The van der Waals surface area contributed by atoms with Crippen molar-refractivity contribution in [2.45, 2.75) is 11.1 Å². The molecule has 0 aliphatic carbocycles. The van der Waals surface area contributed by atoms with Gasteiger partial charge in [0.15, 0.2) is 5.13 Å². The Kier molecular flexibility index (Phi) is 5.84. The second kappa shape index (κ2) is 7.67. The summed E-state index contributed by atoms with van der Waals surface area (Å²) < 4.78 is 37.1. The number of benzene rings is 1. The molecule has 0 atom stereocenters. The molecule has 0 aliphatic rings. The van der Waals surface area contributed by atoms with Crippen LogP contribution < -0.4 is 10.6 Å². The number of carbonyl (C=O) groups excluding carboxylic acids is 2.